The fourth-order valence-corrected chi connectivity index (χ4v) is 5.01. The first kappa shape index (κ1) is 16.7. The smallest absolute Gasteiger partial charge is 0.255 e. The number of carbonyl (C=O) groups excluding carboxylic acids is 1. The molecule has 0 bridgehead atoms. The molecule has 4 nitrogen and oxygen atoms in total. The van der Waals surface area contributed by atoms with Crippen LogP contribution < -0.4 is 0 Å². The maximum atomic E-state index is 13.0. The van der Waals surface area contributed by atoms with Crippen LogP contribution in [0, 0.1) is 5.92 Å². The molecule has 1 fully saturated rings. The number of thiophene rings is 1. The second-order valence-electron chi connectivity index (χ2n) is 7.23. The Balaban J connectivity index is 1.36. The average Bonchev–Trinajstić information content (AvgIpc) is 3.27. The SMILES string of the molecule is CC1CCc2c(C(=O)N3CCC(OCc4ccncc4)C3)csc2C1. The second-order valence-corrected chi connectivity index (χ2v) is 8.19. The molecular formula is C20H24N2O2S. The number of likely N-dealkylation sites (tertiary alicyclic amines) is 1. The van der Waals surface area contributed by atoms with Gasteiger partial charge in [0, 0.05) is 35.7 Å². The minimum absolute atomic E-state index is 0.131. The Hall–Kier alpha value is -1.72. The molecule has 5 heteroatoms. The molecule has 132 valence electrons. The van der Waals surface area contributed by atoms with Gasteiger partial charge in [-0.15, -0.1) is 11.3 Å². The predicted molar refractivity (Wildman–Crippen MR) is 98.8 cm³/mol. The molecule has 2 aromatic rings. The summed E-state index contributed by atoms with van der Waals surface area (Å²) in [7, 11) is 0. The van der Waals surface area contributed by atoms with Crippen LogP contribution in [0.25, 0.3) is 0 Å². The van der Waals surface area contributed by atoms with Crippen molar-refractivity contribution in [1.82, 2.24) is 9.88 Å². The standard InChI is InChI=1S/C20H24N2O2S/c1-14-2-3-17-18(13-25-19(17)10-14)20(23)22-9-6-16(11-22)24-12-15-4-7-21-8-5-15/h4-5,7-8,13-14,16H,2-3,6,9-12H2,1H3. The Morgan fingerprint density at radius 1 is 1.36 bits per heavy atom. The molecule has 25 heavy (non-hydrogen) atoms. The summed E-state index contributed by atoms with van der Waals surface area (Å²) in [5.41, 5.74) is 3.39. The van der Waals surface area contributed by atoms with E-state index in [1.165, 1.54) is 16.9 Å². The topological polar surface area (TPSA) is 42.4 Å². The van der Waals surface area contributed by atoms with Gasteiger partial charge in [-0.25, -0.2) is 0 Å². The predicted octanol–water partition coefficient (Wildman–Crippen LogP) is 3.70. The van der Waals surface area contributed by atoms with E-state index in [9.17, 15) is 4.79 Å². The van der Waals surface area contributed by atoms with Gasteiger partial charge < -0.3 is 9.64 Å². The van der Waals surface area contributed by atoms with Crippen molar-refractivity contribution in [3.05, 3.63) is 51.5 Å². The molecule has 0 N–H and O–H groups in total. The van der Waals surface area contributed by atoms with Gasteiger partial charge in [-0.2, -0.15) is 0 Å². The number of rotatable bonds is 4. The summed E-state index contributed by atoms with van der Waals surface area (Å²) in [5.74, 6) is 0.939. The lowest BCUT2D eigenvalue weighted by Gasteiger charge is -2.21. The third kappa shape index (κ3) is 3.62. The highest BCUT2D eigenvalue weighted by molar-refractivity contribution is 7.10. The van der Waals surface area contributed by atoms with Crippen LogP contribution in [0.2, 0.25) is 0 Å². The van der Waals surface area contributed by atoms with E-state index in [-0.39, 0.29) is 12.0 Å². The Bertz CT molecular complexity index is 743. The zero-order valence-electron chi connectivity index (χ0n) is 14.6. The van der Waals surface area contributed by atoms with E-state index < -0.39 is 0 Å². The molecule has 2 unspecified atom stereocenters. The van der Waals surface area contributed by atoms with Gasteiger partial charge >= 0.3 is 0 Å². The number of ether oxygens (including phenoxy) is 1. The number of amides is 1. The highest BCUT2D eigenvalue weighted by Crippen LogP contribution is 2.34. The third-order valence-electron chi connectivity index (χ3n) is 5.30. The van der Waals surface area contributed by atoms with Crippen molar-refractivity contribution in [3.8, 4) is 0 Å². The number of fused-ring (bicyclic) bond motifs is 1. The second kappa shape index (κ2) is 7.26. The van der Waals surface area contributed by atoms with Crippen LogP contribution in [0.5, 0.6) is 0 Å². The van der Waals surface area contributed by atoms with Crippen molar-refractivity contribution in [2.24, 2.45) is 5.92 Å². The summed E-state index contributed by atoms with van der Waals surface area (Å²) in [6.45, 7) is 4.38. The van der Waals surface area contributed by atoms with Crippen molar-refractivity contribution in [1.29, 1.82) is 0 Å². The Morgan fingerprint density at radius 2 is 2.20 bits per heavy atom. The molecule has 1 aliphatic carbocycles. The van der Waals surface area contributed by atoms with Gasteiger partial charge in [-0.3, -0.25) is 9.78 Å². The molecule has 2 aliphatic rings. The normalized spacial score (nSPS) is 22.8. The molecule has 3 heterocycles. The van der Waals surface area contributed by atoms with Gasteiger partial charge in [-0.05, 0) is 54.9 Å². The van der Waals surface area contributed by atoms with Crippen molar-refractivity contribution < 1.29 is 9.53 Å². The number of aromatic nitrogens is 1. The van der Waals surface area contributed by atoms with Gasteiger partial charge in [0.2, 0.25) is 0 Å². The first-order chi connectivity index (χ1) is 12.2. The van der Waals surface area contributed by atoms with Crippen LogP contribution in [-0.2, 0) is 24.2 Å². The summed E-state index contributed by atoms with van der Waals surface area (Å²) in [4.78, 5) is 20.4. The maximum Gasteiger partial charge on any atom is 0.255 e. The van der Waals surface area contributed by atoms with Gasteiger partial charge in [0.15, 0.2) is 0 Å². The van der Waals surface area contributed by atoms with E-state index in [2.05, 4.69) is 17.3 Å². The summed E-state index contributed by atoms with van der Waals surface area (Å²) in [5, 5.41) is 2.08. The van der Waals surface area contributed by atoms with E-state index in [1.807, 2.05) is 17.0 Å². The fourth-order valence-electron chi connectivity index (χ4n) is 3.77. The van der Waals surface area contributed by atoms with Crippen LogP contribution in [0.3, 0.4) is 0 Å². The van der Waals surface area contributed by atoms with E-state index in [0.29, 0.717) is 13.2 Å². The van der Waals surface area contributed by atoms with Crippen LogP contribution in [0.4, 0.5) is 0 Å². The third-order valence-corrected chi connectivity index (χ3v) is 6.35. The highest BCUT2D eigenvalue weighted by Gasteiger charge is 2.31. The minimum Gasteiger partial charge on any atom is -0.372 e. The molecule has 4 rings (SSSR count). The van der Waals surface area contributed by atoms with Gasteiger partial charge in [0.1, 0.15) is 0 Å². The van der Waals surface area contributed by atoms with E-state index >= 15 is 0 Å². The molecular weight excluding hydrogens is 332 g/mol. The highest BCUT2D eigenvalue weighted by atomic mass is 32.1. The Kier molecular flexibility index (Phi) is 4.86. The first-order valence-corrected chi connectivity index (χ1v) is 9.97. The van der Waals surface area contributed by atoms with Crippen LogP contribution in [-0.4, -0.2) is 35.0 Å². The summed E-state index contributed by atoms with van der Waals surface area (Å²) >= 11 is 1.77. The van der Waals surface area contributed by atoms with Crippen LogP contribution in [0.15, 0.2) is 29.9 Å². The number of nitrogens with zero attached hydrogens (tertiary/aromatic N) is 2. The largest absolute Gasteiger partial charge is 0.372 e. The average molecular weight is 356 g/mol. The summed E-state index contributed by atoms with van der Waals surface area (Å²) in [6.07, 6.45) is 7.99. The number of pyridine rings is 1. The lowest BCUT2D eigenvalue weighted by molar-refractivity contribution is 0.0437. The molecule has 0 aromatic carbocycles. The molecule has 0 saturated carbocycles. The molecule has 0 spiro atoms. The van der Waals surface area contributed by atoms with Crippen molar-refractivity contribution in [2.45, 2.75) is 45.3 Å². The maximum absolute atomic E-state index is 13.0. The van der Waals surface area contributed by atoms with Crippen molar-refractivity contribution in [2.75, 3.05) is 13.1 Å². The van der Waals surface area contributed by atoms with Gasteiger partial charge in [0.05, 0.1) is 18.3 Å². The zero-order chi connectivity index (χ0) is 17.2. The number of carbonyl (C=O) groups is 1. The molecule has 0 radical (unpaired) electrons. The molecule has 1 saturated heterocycles. The molecule has 1 aliphatic heterocycles. The Labute approximate surface area is 152 Å². The first-order valence-electron chi connectivity index (χ1n) is 9.09. The number of hydrogen-bond acceptors (Lipinski definition) is 4. The number of hydrogen-bond donors (Lipinski definition) is 0. The quantitative estimate of drug-likeness (QED) is 0.839. The van der Waals surface area contributed by atoms with Crippen molar-refractivity contribution in [3.63, 3.8) is 0 Å². The summed E-state index contributed by atoms with van der Waals surface area (Å²) in [6, 6.07) is 3.94. The van der Waals surface area contributed by atoms with E-state index in [4.69, 9.17) is 4.74 Å². The summed E-state index contributed by atoms with van der Waals surface area (Å²) < 4.78 is 5.99. The zero-order valence-corrected chi connectivity index (χ0v) is 15.4. The van der Waals surface area contributed by atoms with Crippen molar-refractivity contribution >= 4 is 17.2 Å². The Morgan fingerprint density at radius 3 is 3.04 bits per heavy atom. The monoisotopic (exact) mass is 356 g/mol. The lowest BCUT2D eigenvalue weighted by Crippen LogP contribution is -2.30. The minimum atomic E-state index is 0.131. The van der Waals surface area contributed by atoms with Gasteiger partial charge in [0.25, 0.3) is 5.91 Å². The lowest BCUT2D eigenvalue weighted by atomic mass is 9.88. The van der Waals surface area contributed by atoms with E-state index in [1.54, 1.807) is 23.7 Å². The van der Waals surface area contributed by atoms with Crippen LogP contribution >= 0.6 is 11.3 Å². The molecule has 2 aromatic heterocycles. The van der Waals surface area contributed by atoms with Crippen LogP contribution in [0.1, 0.15) is 46.1 Å². The molecule has 1 amide bonds. The molecule has 2 atom stereocenters. The fraction of sp³-hybridized carbons (Fsp3) is 0.500. The van der Waals surface area contributed by atoms with Gasteiger partial charge in [-0.1, -0.05) is 6.92 Å². The van der Waals surface area contributed by atoms with E-state index in [0.717, 1.165) is 42.9 Å².